The molecule has 0 atom stereocenters. The predicted octanol–water partition coefficient (Wildman–Crippen LogP) is 2.88. The van der Waals surface area contributed by atoms with E-state index in [0.717, 1.165) is 5.52 Å². The van der Waals surface area contributed by atoms with Gasteiger partial charge in [0.2, 0.25) is 5.88 Å². The second-order valence-corrected chi connectivity index (χ2v) is 4.17. The van der Waals surface area contributed by atoms with Crippen LogP contribution in [0.4, 0.5) is 5.69 Å². The van der Waals surface area contributed by atoms with Crippen LogP contribution in [-0.4, -0.2) is 9.97 Å². The zero-order valence-electron chi connectivity index (χ0n) is 10.4. The molecule has 0 saturated heterocycles. The van der Waals surface area contributed by atoms with E-state index in [2.05, 4.69) is 16.0 Å². The summed E-state index contributed by atoms with van der Waals surface area (Å²) in [5, 5.41) is 9.78. The second kappa shape index (κ2) is 4.86. The number of nitrogen functional groups attached to an aromatic ring is 1. The van der Waals surface area contributed by atoms with Gasteiger partial charge in [-0.1, -0.05) is 12.1 Å². The number of aromatic nitrogens is 2. The maximum Gasteiger partial charge on any atom is 0.230 e. The summed E-state index contributed by atoms with van der Waals surface area (Å²) < 4.78 is 5.74. The third-order valence-electron chi connectivity index (χ3n) is 2.84. The molecule has 0 aliphatic carbocycles. The van der Waals surface area contributed by atoms with E-state index in [0.29, 0.717) is 28.3 Å². The van der Waals surface area contributed by atoms with Gasteiger partial charge in [0, 0.05) is 5.69 Å². The van der Waals surface area contributed by atoms with E-state index in [1.807, 2.05) is 0 Å². The first-order chi connectivity index (χ1) is 9.78. The van der Waals surface area contributed by atoms with Crippen LogP contribution in [0, 0.1) is 11.3 Å². The number of para-hydroxylation sites is 1. The lowest BCUT2D eigenvalue weighted by Gasteiger charge is -2.08. The fourth-order valence-electron chi connectivity index (χ4n) is 1.88. The van der Waals surface area contributed by atoms with Crippen LogP contribution in [0.2, 0.25) is 0 Å². The Labute approximate surface area is 115 Å². The van der Waals surface area contributed by atoms with Crippen LogP contribution >= 0.6 is 0 Å². The summed E-state index contributed by atoms with van der Waals surface area (Å²) in [4.78, 5) is 8.28. The first-order valence-corrected chi connectivity index (χ1v) is 5.95. The summed E-state index contributed by atoms with van der Waals surface area (Å²) in [6.45, 7) is 0. The Morgan fingerprint density at radius 3 is 2.80 bits per heavy atom. The Morgan fingerprint density at radius 2 is 1.95 bits per heavy atom. The molecule has 0 unspecified atom stereocenters. The van der Waals surface area contributed by atoms with Crippen molar-refractivity contribution in [3.63, 3.8) is 0 Å². The number of hydrogen-bond donors (Lipinski definition) is 1. The van der Waals surface area contributed by atoms with Crippen molar-refractivity contribution in [3.8, 4) is 17.7 Å². The van der Waals surface area contributed by atoms with Gasteiger partial charge in [0.15, 0.2) is 0 Å². The van der Waals surface area contributed by atoms with Crippen molar-refractivity contribution in [2.75, 3.05) is 5.73 Å². The lowest BCUT2D eigenvalue weighted by atomic mass is 10.2. The third-order valence-corrected chi connectivity index (χ3v) is 2.84. The van der Waals surface area contributed by atoms with E-state index >= 15 is 0 Å². The Kier molecular flexibility index (Phi) is 2.90. The maximum absolute atomic E-state index is 9.07. The van der Waals surface area contributed by atoms with Crippen LogP contribution in [0.5, 0.6) is 11.6 Å². The van der Waals surface area contributed by atoms with Gasteiger partial charge >= 0.3 is 0 Å². The minimum atomic E-state index is 0.380. The second-order valence-electron chi connectivity index (χ2n) is 4.17. The Balaban J connectivity index is 2.11. The summed E-state index contributed by atoms with van der Waals surface area (Å²) in [7, 11) is 0. The highest BCUT2D eigenvalue weighted by Crippen LogP contribution is 2.29. The number of fused-ring (bicyclic) bond motifs is 1. The van der Waals surface area contributed by atoms with Gasteiger partial charge in [-0.15, -0.1) is 0 Å². The monoisotopic (exact) mass is 262 g/mol. The minimum absolute atomic E-state index is 0.380. The van der Waals surface area contributed by atoms with Gasteiger partial charge in [0.25, 0.3) is 0 Å². The summed E-state index contributed by atoms with van der Waals surface area (Å²) in [5.41, 5.74) is 7.56. The topological polar surface area (TPSA) is 84.8 Å². The Hall–Kier alpha value is -3.13. The molecule has 0 spiro atoms. The molecule has 2 aromatic carbocycles. The third kappa shape index (κ3) is 2.10. The van der Waals surface area contributed by atoms with Gasteiger partial charge in [-0.2, -0.15) is 5.26 Å². The van der Waals surface area contributed by atoms with Gasteiger partial charge in [0.05, 0.1) is 16.5 Å². The quantitative estimate of drug-likeness (QED) is 0.718. The van der Waals surface area contributed by atoms with Gasteiger partial charge in [-0.25, -0.2) is 9.97 Å². The van der Waals surface area contributed by atoms with Crippen LogP contribution in [0.15, 0.2) is 48.8 Å². The molecule has 2 N–H and O–H groups in total. The first-order valence-electron chi connectivity index (χ1n) is 5.95. The normalized spacial score (nSPS) is 10.2. The zero-order chi connectivity index (χ0) is 13.9. The largest absolute Gasteiger partial charge is 0.437 e. The van der Waals surface area contributed by atoms with Gasteiger partial charge in [-0.05, 0) is 30.3 Å². The molecule has 0 aliphatic heterocycles. The minimum Gasteiger partial charge on any atom is -0.437 e. The summed E-state index contributed by atoms with van der Waals surface area (Å²) >= 11 is 0. The van der Waals surface area contributed by atoms with E-state index in [9.17, 15) is 0 Å². The van der Waals surface area contributed by atoms with Crippen LogP contribution in [-0.2, 0) is 0 Å². The molecule has 5 heteroatoms. The summed E-state index contributed by atoms with van der Waals surface area (Å²) in [5.74, 6) is 0.836. The molecule has 0 saturated carbocycles. The van der Waals surface area contributed by atoms with Crippen molar-refractivity contribution >= 4 is 16.6 Å². The van der Waals surface area contributed by atoms with Crippen molar-refractivity contribution in [1.82, 2.24) is 9.97 Å². The fraction of sp³-hybridized carbons (Fsp3) is 0. The highest BCUT2D eigenvalue weighted by molar-refractivity contribution is 5.86. The SMILES string of the molecule is N#Cc1ccccc1Oc1ncnc2ccc(N)cc12. The molecule has 3 rings (SSSR count). The average molecular weight is 262 g/mol. The average Bonchev–Trinajstić information content (AvgIpc) is 2.48. The molecule has 0 amide bonds. The molecule has 5 nitrogen and oxygen atoms in total. The highest BCUT2D eigenvalue weighted by atomic mass is 16.5. The van der Waals surface area contributed by atoms with Crippen LogP contribution in [0.25, 0.3) is 10.9 Å². The highest BCUT2D eigenvalue weighted by Gasteiger charge is 2.09. The van der Waals surface area contributed by atoms with Crippen LogP contribution in [0.1, 0.15) is 5.56 Å². The van der Waals surface area contributed by atoms with E-state index < -0.39 is 0 Å². The Bertz CT molecular complexity index is 823. The number of benzene rings is 2. The van der Waals surface area contributed by atoms with Crippen molar-refractivity contribution in [2.24, 2.45) is 0 Å². The molecule has 3 aromatic rings. The molecular weight excluding hydrogens is 252 g/mol. The van der Waals surface area contributed by atoms with Crippen molar-refractivity contribution in [3.05, 3.63) is 54.4 Å². The number of nitrogens with zero attached hydrogens (tertiary/aromatic N) is 3. The van der Waals surface area contributed by atoms with Gasteiger partial charge in [-0.3, -0.25) is 0 Å². The lowest BCUT2D eigenvalue weighted by Crippen LogP contribution is -1.94. The molecule has 0 aliphatic rings. The fourth-order valence-corrected chi connectivity index (χ4v) is 1.88. The van der Waals surface area contributed by atoms with E-state index in [1.165, 1.54) is 6.33 Å². The number of rotatable bonds is 2. The van der Waals surface area contributed by atoms with E-state index in [1.54, 1.807) is 42.5 Å². The van der Waals surface area contributed by atoms with Crippen molar-refractivity contribution in [1.29, 1.82) is 5.26 Å². The maximum atomic E-state index is 9.07. The van der Waals surface area contributed by atoms with Crippen molar-refractivity contribution in [2.45, 2.75) is 0 Å². The first kappa shape index (κ1) is 11.9. The molecule has 0 fully saturated rings. The number of ether oxygens (including phenoxy) is 1. The summed E-state index contributed by atoms with van der Waals surface area (Å²) in [6.07, 6.45) is 1.42. The van der Waals surface area contributed by atoms with Crippen LogP contribution in [0.3, 0.4) is 0 Å². The molecule has 1 aromatic heterocycles. The molecule has 96 valence electrons. The Morgan fingerprint density at radius 1 is 1.10 bits per heavy atom. The van der Waals surface area contributed by atoms with Gasteiger partial charge in [0.1, 0.15) is 18.1 Å². The van der Waals surface area contributed by atoms with Crippen LogP contribution < -0.4 is 10.5 Å². The number of nitrogens with two attached hydrogens (primary N) is 1. The molecular formula is C15H10N4O. The molecule has 0 radical (unpaired) electrons. The van der Waals surface area contributed by atoms with Gasteiger partial charge < -0.3 is 10.5 Å². The van der Waals surface area contributed by atoms with Crippen molar-refractivity contribution < 1.29 is 4.74 Å². The van der Waals surface area contributed by atoms with E-state index in [4.69, 9.17) is 15.7 Å². The smallest absolute Gasteiger partial charge is 0.230 e. The molecule has 0 bridgehead atoms. The predicted molar refractivity (Wildman–Crippen MR) is 75.2 cm³/mol. The number of nitriles is 1. The molecule has 1 heterocycles. The standard InChI is InChI=1S/C15H10N4O/c16-8-10-3-1-2-4-14(10)20-15-12-7-11(17)5-6-13(12)18-9-19-15/h1-7,9H,17H2. The lowest BCUT2D eigenvalue weighted by molar-refractivity contribution is 0.466. The number of hydrogen-bond acceptors (Lipinski definition) is 5. The number of anilines is 1. The molecule has 20 heavy (non-hydrogen) atoms. The zero-order valence-corrected chi connectivity index (χ0v) is 10.4. The van der Waals surface area contributed by atoms with E-state index in [-0.39, 0.29) is 0 Å². The summed E-state index contributed by atoms with van der Waals surface area (Å²) in [6, 6.07) is 14.4.